The molecule has 1 aromatic carbocycles. The molecule has 1 aromatic rings. The lowest BCUT2D eigenvalue weighted by atomic mass is 10.1. The summed E-state index contributed by atoms with van der Waals surface area (Å²) in [5.41, 5.74) is 0.700. The minimum Gasteiger partial charge on any atom is -0.489 e. The highest BCUT2D eigenvalue weighted by molar-refractivity contribution is 5.93. The Morgan fingerprint density at radius 1 is 1.31 bits per heavy atom. The van der Waals surface area contributed by atoms with Gasteiger partial charge < -0.3 is 25.0 Å². The summed E-state index contributed by atoms with van der Waals surface area (Å²) in [5, 5.41) is 5.80. The minimum absolute atomic E-state index is 0.00235. The standard InChI is InChI=1S/C21H31N3O5/c1-4-5-12-28-20(26)13-17-21(27)22-10-11-24(17)19(25)14-23-16-8-6-7-9-18(16)29-15(2)3/h6-9,15,17,23H,4-5,10-14H2,1-3H3,(H,22,27). The number of piperazine rings is 1. The molecular formula is C21H31N3O5. The maximum absolute atomic E-state index is 12.8. The molecule has 8 nitrogen and oxygen atoms in total. The molecule has 2 rings (SSSR count). The fraction of sp³-hybridized carbons (Fsp3) is 0.571. The van der Waals surface area contributed by atoms with Crippen LogP contribution >= 0.6 is 0 Å². The molecule has 2 amide bonds. The van der Waals surface area contributed by atoms with Crippen LogP contribution in [0.3, 0.4) is 0 Å². The quantitative estimate of drug-likeness (QED) is 0.456. The summed E-state index contributed by atoms with van der Waals surface area (Å²) in [6.45, 7) is 6.89. The maximum Gasteiger partial charge on any atom is 0.308 e. The lowest BCUT2D eigenvalue weighted by Gasteiger charge is -2.34. The van der Waals surface area contributed by atoms with Crippen molar-refractivity contribution in [2.75, 3.05) is 31.6 Å². The first kappa shape index (κ1) is 22.5. The molecule has 8 heteroatoms. The third-order valence-electron chi connectivity index (χ3n) is 4.45. The van der Waals surface area contributed by atoms with E-state index in [1.807, 2.05) is 45.0 Å². The lowest BCUT2D eigenvalue weighted by Crippen LogP contribution is -2.58. The maximum atomic E-state index is 12.8. The summed E-state index contributed by atoms with van der Waals surface area (Å²) in [7, 11) is 0. The Balaban J connectivity index is 1.98. The van der Waals surface area contributed by atoms with Gasteiger partial charge in [0, 0.05) is 13.1 Å². The van der Waals surface area contributed by atoms with E-state index in [2.05, 4.69) is 10.6 Å². The van der Waals surface area contributed by atoms with Gasteiger partial charge in [-0.05, 0) is 32.4 Å². The van der Waals surface area contributed by atoms with Crippen LogP contribution in [0.15, 0.2) is 24.3 Å². The number of ether oxygens (including phenoxy) is 2. The molecule has 1 saturated heterocycles. The average molecular weight is 405 g/mol. The van der Waals surface area contributed by atoms with Gasteiger partial charge in [-0.15, -0.1) is 0 Å². The molecule has 0 bridgehead atoms. The average Bonchev–Trinajstić information content (AvgIpc) is 2.68. The first-order valence-corrected chi connectivity index (χ1v) is 10.1. The smallest absolute Gasteiger partial charge is 0.308 e. The fourth-order valence-electron chi connectivity index (χ4n) is 3.01. The number of hydrogen-bond acceptors (Lipinski definition) is 6. The van der Waals surface area contributed by atoms with Crippen LogP contribution in [0.5, 0.6) is 5.75 Å². The molecule has 0 spiro atoms. The Kier molecular flexibility index (Phi) is 8.76. The molecule has 0 aliphatic carbocycles. The molecule has 0 aromatic heterocycles. The molecule has 1 unspecified atom stereocenters. The van der Waals surface area contributed by atoms with Crippen molar-refractivity contribution < 1.29 is 23.9 Å². The molecule has 0 saturated carbocycles. The van der Waals surface area contributed by atoms with Gasteiger partial charge in [0.2, 0.25) is 11.8 Å². The van der Waals surface area contributed by atoms with Gasteiger partial charge in [0.05, 0.1) is 31.4 Å². The van der Waals surface area contributed by atoms with Crippen molar-refractivity contribution in [1.29, 1.82) is 0 Å². The SMILES string of the molecule is CCCCOC(=O)CC1C(=O)NCCN1C(=O)CNc1ccccc1OC(C)C. The molecule has 2 N–H and O–H groups in total. The second kappa shape index (κ2) is 11.3. The van der Waals surface area contributed by atoms with Gasteiger partial charge in [0.1, 0.15) is 11.8 Å². The van der Waals surface area contributed by atoms with Crippen LogP contribution in [0.2, 0.25) is 0 Å². The van der Waals surface area contributed by atoms with Crippen molar-refractivity contribution in [2.45, 2.75) is 52.2 Å². The summed E-state index contributed by atoms with van der Waals surface area (Å²) in [5.74, 6) is -0.407. The van der Waals surface area contributed by atoms with Crippen molar-refractivity contribution in [1.82, 2.24) is 10.2 Å². The van der Waals surface area contributed by atoms with Gasteiger partial charge in [-0.25, -0.2) is 0 Å². The Bertz CT molecular complexity index is 707. The highest BCUT2D eigenvalue weighted by Gasteiger charge is 2.35. The number of benzene rings is 1. The number of nitrogens with zero attached hydrogens (tertiary/aromatic N) is 1. The highest BCUT2D eigenvalue weighted by Crippen LogP contribution is 2.24. The number of nitrogens with one attached hydrogen (secondary N) is 2. The molecule has 1 aliphatic rings. The molecule has 1 fully saturated rings. The largest absolute Gasteiger partial charge is 0.489 e. The third kappa shape index (κ3) is 6.96. The highest BCUT2D eigenvalue weighted by atomic mass is 16.5. The zero-order chi connectivity index (χ0) is 21.2. The van der Waals surface area contributed by atoms with E-state index in [9.17, 15) is 14.4 Å². The number of hydrogen-bond donors (Lipinski definition) is 2. The molecule has 1 aliphatic heterocycles. The number of para-hydroxylation sites is 2. The van der Waals surface area contributed by atoms with E-state index in [-0.39, 0.29) is 30.9 Å². The van der Waals surface area contributed by atoms with Crippen molar-refractivity contribution in [3.05, 3.63) is 24.3 Å². The van der Waals surface area contributed by atoms with E-state index in [0.29, 0.717) is 31.1 Å². The van der Waals surface area contributed by atoms with Crippen molar-refractivity contribution >= 4 is 23.5 Å². The number of rotatable bonds is 10. The molecule has 1 atom stereocenters. The first-order valence-electron chi connectivity index (χ1n) is 10.1. The van der Waals surface area contributed by atoms with Crippen LogP contribution in [-0.2, 0) is 19.1 Å². The summed E-state index contributed by atoms with van der Waals surface area (Å²) in [6, 6.07) is 6.52. The fourth-order valence-corrected chi connectivity index (χ4v) is 3.01. The van der Waals surface area contributed by atoms with Gasteiger partial charge in [-0.1, -0.05) is 25.5 Å². The summed E-state index contributed by atoms with van der Waals surface area (Å²) >= 11 is 0. The Morgan fingerprint density at radius 2 is 2.07 bits per heavy atom. The number of esters is 1. The predicted molar refractivity (Wildman–Crippen MR) is 110 cm³/mol. The van der Waals surface area contributed by atoms with E-state index in [1.54, 1.807) is 0 Å². The molecule has 1 heterocycles. The lowest BCUT2D eigenvalue weighted by molar-refractivity contribution is -0.151. The molecule has 0 radical (unpaired) electrons. The van der Waals surface area contributed by atoms with Crippen LogP contribution in [0.4, 0.5) is 5.69 Å². The van der Waals surface area contributed by atoms with E-state index in [0.717, 1.165) is 12.8 Å². The monoisotopic (exact) mass is 405 g/mol. The molecule has 29 heavy (non-hydrogen) atoms. The minimum atomic E-state index is -0.852. The van der Waals surface area contributed by atoms with Gasteiger partial charge in [0.15, 0.2) is 0 Å². The second-order valence-electron chi connectivity index (χ2n) is 7.19. The topological polar surface area (TPSA) is 97.0 Å². The summed E-state index contributed by atoms with van der Waals surface area (Å²) < 4.78 is 10.9. The zero-order valence-electron chi connectivity index (χ0n) is 17.4. The van der Waals surface area contributed by atoms with E-state index in [1.165, 1.54) is 4.90 Å². The van der Waals surface area contributed by atoms with Crippen LogP contribution in [-0.4, -0.2) is 61.1 Å². The number of carbonyl (C=O) groups is 3. The third-order valence-corrected chi connectivity index (χ3v) is 4.45. The van der Waals surface area contributed by atoms with Crippen LogP contribution in [0, 0.1) is 0 Å². The van der Waals surface area contributed by atoms with Crippen LogP contribution < -0.4 is 15.4 Å². The Hall–Kier alpha value is -2.77. The van der Waals surface area contributed by atoms with Gasteiger partial charge >= 0.3 is 5.97 Å². The number of anilines is 1. The normalized spacial score (nSPS) is 16.3. The number of unbranched alkanes of at least 4 members (excludes halogenated alkanes) is 1. The van der Waals surface area contributed by atoms with Crippen LogP contribution in [0.1, 0.15) is 40.0 Å². The zero-order valence-corrected chi connectivity index (χ0v) is 17.4. The van der Waals surface area contributed by atoms with Gasteiger partial charge in [-0.3, -0.25) is 14.4 Å². The number of amides is 2. The van der Waals surface area contributed by atoms with E-state index < -0.39 is 12.0 Å². The van der Waals surface area contributed by atoms with Crippen LogP contribution in [0.25, 0.3) is 0 Å². The second-order valence-corrected chi connectivity index (χ2v) is 7.19. The predicted octanol–water partition coefficient (Wildman–Crippen LogP) is 1.95. The van der Waals surface area contributed by atoms with E-state index in [4.69, 9.17) is 9.47 Å². The Morgan fingerprint density at radius 3 is 2.79 bits per heavy atom. The molecule has 160 valence electrons. The first-order chi connectivity index (χ1) is 13.9. The van der Waals surface area contributed by atoms with Crippen molar-refractivity contribution in [3.63, 3.8) is 0 Å². The van der Waals surface area contributed by atoms with E-state index >= 15 is 0 Å². The summed E-state index contributed by atoms with van der Waals surface area (Å²) in [6.07, 6.45) is 1.54. The van der Waals surface area contributed by atoms with Gasteiger partial charge in [-0.2, -0.15) is 0 Å². The van der Waals surface area contributed by atoms with Crippen molar-refractivity contribution in [2.24, 2.45) is 0 Å². The van der Waals surface area contributed by atoms with Gasteiger partial charge in [0.25, 0.3) is 0 Å². The molecular weight excluding hydrogens is 374 g/mol. The summed E-state index contributed by atoms with van der Waals surface area (Å²) in [4.78, 5) is 38.6. The number of carbonyl (C=O) groups excluding carboxylic acids is 3. The van der Waals surface area contributed by atoms with Crippen molar-refractivity contribution in [3.8, 4) is 5.75 Å². The Labute approximate surface area is 171 Å².